The van der Waals surface area contributed by atoms with Crippen molar-refractivity contribution in [3.8, 4) is 6.07 Å². The molecule has 80 valence electrons. The predicted octanol–water partition coefficient (Wildman–Crippen LogP) is 3.92. The SMILES string of the molecule is Cc1ccc(C(C)C#N)cc1C(C)(C)C. The number of benzene rings is 1. The largest absolute Gasteiger partial charge is 0.198 e. The zero-order valence-electron chi connectivity index (χ0n) is 10.3. The monoisotopic (exact) mass is 201 g/mol. The molecule has 0 amide bonds. The molecule has 1 heteroatoms. The Morgan fingerprint density at radius 2 is 1.87 bits per heavy atom. The zero-order chi connectivity index (χ0) is 11.6. The van der Waals surface area contributed by atoms with Crippen molar-refractivity contribution >= 4 is 0 Å². The maximum Gasteiger partial charge on any atom is 0.0700 e. The van der Waals surface area contributed by atoms with E-state index >= 15 is 0 Å². The Hall–Kier alpha value is -1.29. The fourth-order valence-electron chi connectivity index (χ4n) is 1.79. The van der Waals surface area contributed by atoms with Crippen LogP contribution in [0.1, 0.15) is 50.3 Å². The molecule has 0 bridgehead atoms. The van der Waals surface area contributed by atoms with E-state index in [2.05, 4.69) is 52.0 Å². The lowest BCUT2D eigenvalue weighted by Gasteiger charge is -2.23. The first kappa shape index (κ1) is 11.8. The second kappa shape index (κ2) is 4.06. The second-order valence-corrected chi connectivity index (χ2v) is 5.18. The highest BCUT2D eigenvalue weighted by atomic mass is 14.3. The highest BCUT2D eigenvalue weighted by molar-refractivity contribution is 5.38. The molecule has 1 atom stereocenters. The fourth-order valence-corrected chi connectivity index (χ4v) is 1.79. The van der Waals surface area contributed by atoms with Crippen molar-refractivity contribution in [1.29, 1.82) is 5.26 Å². The van der Waals surface area contributed by atoms with Gasteiger partial charge < -0.3 is 0 Å². The van der Waals surface area contributed by atoms with Crippen molar-refractivity contribution in [3.05, 3.63) is 34.9 Å². The van der Waals surface area contributed by atoms with Crippen molar-refractivity contribution in [2.75, 3.05) is 0 Å². The van der Waals surface area contributed by atoms with Crippen LogP contribution in [0.2, 0.25) is 0 Å². The summed E-state index contributed by atoms with van der Waals surface area (Å²) in [6.45, 7) is 10.7. The molecular weight excluding hydrogens is 182 g/mol. The molecule has 0 aliphatic heterocycles. The molecule has 0 heterocycles. The van der Waals surface area contributed by atoms with Crippen LogP contribution in [-0.2, 0) is 5.41 Å². The molecule has 0 saturated carbocycles. The van der Waals surface area contributed by atoms with Gasteiger partial charge >= 0.3 is 0 Å². The van der Waals surface area contributed by atoms with Crippen molar-refractivity contribution in [1.82, 2.24) is 0 Å². The molecular formula is C14H19N. The Labute approximate surface area is 92.7 Å². The van der Waals surface area contributed by atoms with Gasteiger partial charge in [-0.25, -0.2) is 0 Å². The second-order valence-electron chi connectivity index (χ2n) is 5.18. The third kappa shape index (κ3) is 2.59. The molecule has 0 N–H and O–H groups in total. The third-order valence-electron chi connectivity index (χ3n) is 2.76. The van der Waals surface area contributed by atoms with Crippen LogP contribution in [0.5, 0.6) is 0 Å². The quantitative estimate of drug-likeness (QED) is 0.675. The summed E-state index contributed by atoms with van der Waals surface area (Å²) in [6, 6.07) is 8.62. The first-order valence-electron chi connectivity index (χ1n) is 5.37. The summed E-state index contributed by atoms with van der Waals surface area (Å²) in [5, 5.41) is 8.90. The van der Waals surface area contributed by atoms with Gasteiger partial charge in [-0.15, -0.1) is 0 Å². The van der Waals surface area contributed by atoms with E-state index in [1.165, 1.54) is 11.1 Å². The van der Waals surface area contributed by atoms with Gasteiger partial charge in [-0.3, -0.25) is 0 Å². The summed E-state index contributed by atoms with van der Waals surface area (Å²) >= 11 is 0. The Morgan fingerprint density at radius 3 is 2.33 bits per heavy atom. The number of hydrogen-bond donors (Lipinski definition) is 0. The van der Waals surface area contributed by atoms with E-state index in [0.29, 0.717) is 0 Å². The van der Waals surface area contributed by atoms with Crippen molar-refractivity contribution < 1.29 is 0 Å². The average molecular weight is 201 g/mol. The molecule has 1 aromatic carbocycles. The van der Waals surface area contributed by atoms with Gasteiger partial charge in [0.25, 0.3) is 0 Å². The van der Waals surface area contributed by atoms with Crippen LogP contribution in [0.15, 0.2) is 18.2 Å². The van der Waals surface area contributed by atoms with Crippen LogP contribution < -0.4 is 0 Å². The minimum absolute atomic E-state index is 0.0216. The smallest absolute Gasteiger partial charge is 0.0700 e. The van der Waals surface area contributed by atoms with Gasteiger partial charge in [-0.2, -0.15) is 5.26 Å². The first-order valence-corrected chi connectivity index (χ1v) is 5.37. The summed E-state index contributed by atoms with van der Waals surface area (Å²) in [7, 11) is 0. The Balaban J connectivity index is 3.24. The van der Waals surface area contributed by atoms with E-state index < -0.39 is 0 Å². The molecule has 0 spiro atoms. The first-order chi connectivity index (χ1) is 6.86. The molecule has 0 aromatic heterocycles. The molecule has 0 saturated heterocycles. The molecule has 15 heavy (non-hydrogen) atoms. The fraction of sp³-hybridized carbons (Fsp3) is 0.500. The number of rotatable bonds is 1. The minimum atomic E-state index is -0.0216. The molecule has 1 rings (SSSR count). The van der Waals surface area contributed by atoms with Gasteiger partial charge in [-0.05, 0) is 36.0 Å². The van der Waals surface area contributed by atoms with E-state index in [1.807, 2.05) is 6.92 Å². The van der Waals surface area contributed by atoms with Crippen LogP contribution in [0.25, 0.3) is 0 Å². The molecule has 1 nitrogen and oxygen atoms in total. The molecule has 1 unspecified atom stereocenters. The summed E-state index contributed by atoms with van der Waals surface area (Å²) < 4.78 is 0. The third-order valence-corrected chi connectivity index (χ3v) is 2.76. The normalized spacial score (nSPS) is 13.3. The summed E-state index contributed by atoms with van der Waals surface area (Å²) in [6.07, 6.45) is 0. The molecule has 1 aromatic rings. The maximum atomic E-state index is 8.90. The van der Waals surface area contributed by atoms with E-state index in [4.69, 9.17) is 5.26 Å². The number of nitriles is 1. The van der Waals surface area contributed by atoms with Crippen LogP contribution in [0.3, 0.4) is 0 Å². The van der Waals surface area contributed by atoms with E-state index in [-0.39, 0.29) is 11.3 Å². The van der Waals surface area contributed by atoms with Crippen LogP contribution in [-0.4, -0.2) is 0 Å². The topological polar surface area (TPSA) is 23.8 Å². The van der Waals surface area contributed by atoms with Crippen molar-refractivity contribution in [2.24, 2.45) is 0 Å². The Kier molecular flexibility index (Phi) is 3.19. The molecule has 0 aliphatic rings. The Morgan fingerprint density at radius 1 is 1.27 bits per heavy atom. The predicted molar refractivity (Wildman–Crippen MR) is 63.9 cm³/mol. The molecule has 0 aliphatic carbocycles. The van der Waals surface area contributed by atoms with E-state index in [0.717, 1.165) is 5.56 Å². The van der Waals surface area contributed by atoms with Gasteiger partial charge in [0.15, 0.2) is 0 Å². The molecule has 0 radical (unpaired) electrons. The lowest BCUT2D eigenvalue weighted by Crippen LogP contribution is -2.13. The summed E-state index contributed by atoms with van der Waals surface area (Å²) in [5.74, 6) is -0.0216. The maximum absolute atomic E-state index is 8.90. The van der Waals surface area contributed by atoms with Crippen LogP contribution in [0.4, 0.5) is 0 Å². The van der Waals surface area contributed by atoms with Gasteiger partial charge in [0.05, 0.1) is 12.0 Å². The minimum Gasteiger partial charge on any atom is -0.198 e. The van der Waals surface area contributed by atoms with Crippen LogP contribution in [0, 0.1) is 18.3 Å². The number of aryl methyl sites for hydroxylation is 1. The lowest BCUT2D eigenvalue weighted by molar-refractivity contribution is 0.585. The summed E-state index contributed by atoms with van der Waals surface area (Å²) in [5.41, 5.74) is 3.90. The standard InChI is InChI=1S/C14H19N/c1-10-6-7-12(11(2)9-15)8-13(10)14(3,4)5/h6-8,11H,1-5H3. The van der Waals surface area contributed by atoms with Crippen LogP contribution >= 0.6 is 0 Å². The average Bonchev–Trinajstić information content (AvgIpc) is 2.15. The number of hydrogen-bond acceptors (Lipinski definition) is 1. The highest BCUT2D eigenvalue weighted by Gasteiger charge is 2.17. The van der Waals surface area contributed by atoms with Gasteiger partial charge in [0.2, 0.25) is 0 Å². The van der Waals surface area contributed by atoms with E-state index in [9.17, 15) is 0 Å². The zero-order valence-corrected chi connectivity index (χ0v) is 10.3. The lowest BCUT2D eigenvalue weighted by atomic mass is 9.82. The van der Waals surface area contributed by atoms with Gasteiger partial charge in [0.1, 0.15) is 0 Å². The summed E-state index contributed by atoms with van der Waals surface area (Å²) in [4.78, 5) is 0. The Bertz CT molecular complexity index is 391. The molecule has 0 fully saturated rings. The van der Waals surface area contributed by atoms with Gasteiger partial charge in [-0.1, -0.05) is 39.0 Å². The number of nitrogens with zero attached hydrogens (tertiary/aromatic N) is 1. The van der Waals surface area contributed by atoms with E-state index in [1.54, 1.807) is 0 Å². The van der Waals surface area contributed by atoms with Crippen molar-refractivity contribution in [2.45, 2.75) is 46.0 Å². The van der Waals surface area contributed by atoms with Crippen molar-refractivity contribution in [3.63, 3.8) is 0 Å². The van der Waals surface area contributed by atoms with Gasteiger partial charge in [0, 0.05) is 0 Å². The highest BCUT2D eigenvalue weighted by Crippen LogP contribution is 2.28.